The van der Waals surface area contributed by atoms with Crippen molar-refractivity contribution in [3.63, 3.8) is 0 Å². The van der Waals surface area contributed by atoms with E-state index in [0.29, 0.717) is 0 Å². The van der Waals surface area contributed by atoms with Crippen LogP contribution in [0.4, 0.5) is 13.2 Å². The first-order valence-corrected chi connectivity index (χ1v) is 7.07. The zero-order valence-electron chi connectivity index (χ0n) is 13.0. The molecule has 1 aliphatic heterocycles. The van der Waals surface area contributed by atoms with Crippen LogP contribution in [0.2, 0.25) is 0 Å². The number of hydrogen-bond acceptors (Lipinski definition) is 3. The van der Waals surface area contributed by atoms with Crippen LogP contribution in [0, 0.1) is 5.41 Å². The van der Waals surface area contributed by atoms with Crippen LogP contribution in [0.1, 0.15) is 40.0 Å². The first-order chi connectivity index (χ1) is 9.89. The van der Waals surface area contributed by atoms with Gasteiger partial charge in [-0.25, -0.2) is 0 Å². The molecule has 22 heavy (non-hydrogen) atoms. The molecule has 0 aromatic rings. The van der Waals surface area contributed by atoms with Gasteiger partial charge in [0.25, 0.3) is 0 Å². The van der Waals surface area contributed by atoms with Crippen molar-refractivity contribution in [1.29, 1.82) is 0 Å². The fraction of sp³-hybridized carbons (Fsp3) is 0.786. The highest BCUT2D eigenvalue weighted by Crippen LogP contribution is 2.22. The number of likely N-dealkylation sites (tertiary alicyclic amines) is 1. The molecule has 0 aliphatic carbocycles. The number of imide groups is 1. The summed E-state index contributed by atoms with van der Waals surface area (Å²) in [5, 5.41) is 0. The van der Waals surface area contributed by atoms with Gasteiger partial charge in [-0.05, 0) is 5.41 Å². The molecule has 0 saturated carbocycles. The van der Waals surface area contributed by atoms with Crippen LogP contribution in [0.25, 0.3) is 0 Å². The maximum Gasteiger partial charge on any atom is 0.406 e. The van der Waals surface area contributed by atoms with E-state index in [0.717, 1.165) is 9.80 Å². The van der Waals surface area contributed by atoms with Crippen LogP contribution in [-0.2, 0) is 14.4 Å². The molecule has 0 bridgehead atoms. The highest BCUT2D eigenvalue weighted by atomic mass is 19.4. The molecule has 1 rings (SSSR count). The van der Waals surface area contributed by atoms with Gasteiger partial charge in [-0.15, -0.1) is 0 Å². The summed E-state index contributed by atoms with van der Waals surface area (Å²) in [5.41, 5.74) is -0.486. The molecule has 5 nitrogen and oxygen atoms in total. The predicted octanol–water partition coefficient (Wildman–Crippen LogP) is 1.96. The maximum atomic E-state index is 12.6. The molecule has 0 spiro atoms. The number of halogens is 3. The lowest BCUT2D eigenvalue weighted by Crippen LogP contribution is -2.44. The van der Waals surface area contributed by atoms with E-state index in [1.165, 1.54) is 0 Å². The third-order valence-electron chi connectivity index (χ3n) is 3.09. The van der Waals surface area contributed by atoms with Crippen LogP contribution in [0.3, 0.4) is 0 Å². The Morgan fingerprint density at radius 3 is 2.00 bits per heavy atom. The van der Waals surface area contributed by atoms with Gasteiger partial charge in [0.1, 0.15) is 6.54 Å². The van der Waals surface area contributed by atoms with E-state index in [-0.39, 0.29) is 44.2 Å². The van der Waals surface area contributed by atoms with Crippen LogP contribution in [0.15, 0.2) is 0 Å². The molecule has 8 heteroatoms. The molecular weight excluding hydrogens is 301 g/mol. The Labute approximate surface area is 127 Å². The summed E-state index contributed by atoms with van der Waals surface area (Å²) in [4.78, 5) is 36.6. The molecule has 1 heterocycles. The van der Waals surface area contributed by atoms with Crippen LogP contribution >= 0.6 is 0 Å². The Morgan fingerprint density at radius 1 is 1.09 bits per heavy atom. The van der Waals surface area contributed by atoms with Gasteiger partial charge < -0.3 is 4.90 Å². The first-order valence-electron chi connectivity index (χ1n) is 7.07. The molecule has 1 fully saturated rings. The van der Waals surface area contributed by atoms with E-state index >= 15 is 0 Å². The van der Waals surface area contributed by atoms with Gasteiger partial charge in [0, 0.05) is 32.4 Å². The molecule has 0 atom stereocenters. The van der Waals surface area contributed by atoms with Crippen LogP contribution in [-0.4, -0.2) is 53.3 Å². The molecule has 0 radical (unpaired) electrons. The molecule has 0 aromatic carbocycles. The van der Waals surface area contributed by atoms with Crippen molar-refractivity contribution in [1.82, 2.24) is 9.80 Å². The van der Waals surface area contributed by atoms with E-state index in [9.17, 15) is 27.6 Å². The molecule has 126 valence electrons. The molecule has 1 saturated heterocycles. The second-order valence-corrected chi connectivity index (χ2v) is 6.61. The minimum absolute atomic E-state index is 0.0484. The highest BCUT2D eigenvalue weighted by Gasteiger charge is 2.35. The summed E-state index contributed by atoms with van der Waals surface area (Å²) in [6.07, 6.45) is -4.58. The Bertz CT molecular complexity index is 423. The standard InChI is InChI=1S/C14H21F3N2O3/c1-13(2,3)8-18(9-14(15,16)17)10(20)6-7-19-11(21)4-5-12(19)22/h4-9H2,1-3H3. The monoisotopic (exact) mass is 322 g/mol. The summed E-state index contributed by atoms with van der Waals surface area (Å²) in [7, 11) is 0. The molecule has 1 aliphatic rings. The zero-order chi connectivity index (χ0) is 17.1. The van der Waals surface area contributed by atoms with Crippen molar-refractivity contribution < 1.29 is 27.6 Å². The van der Waals surface area contributed by atoms with E-state index in [2.05, 4.69) is 0 Å². The number of carbonyl (C=O) groups is 3. The topological polar surface area (TPSA) is 57.7 Å². The number of carbonyl (C=O) groups excluding carboxylic acids is 3. The fourth-order valence-corrected chi connectivity index (χ4v) is 2.26. The summed E-state index contributed by atoms with van der Waals surface area (Å²) >= 11 is 0. The van der Waals surface area contributed by atoms with E-state index in [4.69, 9.17) is 0 Å². The van der Waals surface area contributed by atoms with Crippen molar-refractivity contribution in [3.05, 3.63) is 0 Å². The number of nitrogens with zero attached hydrogens (tertiary/aromatic N) is 2. The Hall–Kier alpha value is -1.60. The SMILES string of the molecule is CC(C)(C)CN(CC(F)(F)F)C(=O)CCN1C(=O)CCC1=O. The van der Waals surface area contributed by atoms with Crippen molar-refractivity contribution in [2.45, 2.75) is 46.2 Å². The normalized spacial score (nSPS) is 16.4. The smallest absolute Gasteiger partial charge is 0.333 e. The Balaban J connectivity index is 2.67. The number of amides is 3. The predicted molar refractivity (Wildman–Crippen MR) is 72.7 cm³/mol. The van der Waals surface area contributed by atoms with Crippen molar-refractivity contribution in [3.8, 4) is 0 Å². The second kappa shape index (κ2) is 6.66. The largest absolute Gasteiger partial charge is 0.406 e. The molecule has 0 aromatic heterocycles. The lowest BCUT2D eigenvalue weighted by atomic mass is 9.96. The van der Waals surface area contributed by atoms with Gasteiger partial charge in [-0.2, -0.15) is 13.2 Å². The van der Waals surface area contributed by atoms with Gasteiger partial charge in [-0.1, -0.05) is 20.8 Å². The van der Waals surface area contributed by atoms with Crippen molar-refractivity contribution in [2.75, 3.05) is 19.6 Å². The van der Waals surface area contributed by atoms with E-state index in [1.54, 1.807) is 20.8 Å². The number of rotatable bonds is 5. The van der Waals surface area contributed by atoms with Gasteiger partial charge in [0.15, 0.2) is 0 Å². The van der Waals surface area contributed by atoms with Crippen LogP contribution in [0.5, 0.6) is 0 Å². The third-order valence-corrected chi connectivity index (χ3v) is 3.09. The van der Waals surface area contributed by atoms with E-state index < -0.39 is 24.0 Å². The zero-order valence-corrected chi connectivity index (χ0v) is 13.0. The van der Waals surface area contributed by atoms with E-state index in [1.807, 2.05) is 0 Å². The average molecular weight is 322 g/mol. The van der Waals surface area contributed by atoms with Gasteiger partial charge in [-0.3, -0.25) is 19.3 Å². The molecule has 0 unspecified atom stereocenters. The Kier molecular flexibility index (Phi) is 5.59. The minimum atomic E-state index is -4.49. The quantitative estimate of drug-likeness (QED) is 0.727. The Morgan fingerprint density at radius 2 is 1.59 bits per heavy atom. The average Bonchev–Trinajstić information content (AvgIpc) is 2.62. The number of hydrogen-bond donors (Lipinski definition) is 0. The van der Waals surface area contributed by atoms with Gasteiger partial charge in [0.05, 0.1) is 0 Å². The van der Waals surface area contributed by atoms with Crippen molar-refractivity contribution >= 4 is 17.7 Å². The van der Waals surface area contributed by atoms with Crippen LogP contribution < -0.4 is 0 Å². The first kappa shape index (κ1) is 18.4. The second-order valence-electron chi connectivity index (χ2n) is 6.61. The number of alkyl halides is 3. The third kappa shape index (κ3) is 6.03. The molecule has 0 N–H and O–H groups in total. The maximum absolute atomic E-state index is 12.6. The summed E-state index contributed by atoms with van der Waals surface area (Å²) in [5.74, 6) is -1.47. The lowest BCUT2D eigenvalue weighted by Gasteiger charge is -2.31. The summed E-state index contributed by atoms with van der Waals surface area (Å²) in [6, 6.07) is 0. The highest BCUT2D eigenvalue weighted by molar-refractivity contribution is 6.02. The fourth-order valence-electron chi connectivity index (χ4n) is 2.26. The summed E-state index contributed by atoms with van der Waals surface area (Å²) in [6.45, 7) is 3.67. The molecule has 3 amide bonds. The van der Waals surface area contributed by atoms with Crippen molar-refractivity contribution in [2.24, 2.45) is 5.41 Å². The minimum Gasteiger partial charge on any atom is -0.333 e. The lowest BCUT2D eigenvalue weighted by molar-refractivity contribution is -0.164. The molecular formula is C14H21F3N2O3. The van der Waals surface area contributed by atoms with Gasteiger partial charge >= 0.3 is 6.18 Å². The van der Waals surface area contributed by atoms with Gasteiger partial charge in [0.2, 0.25) is 17.7 Å². The summed E-state index contributed by atoms with van der Waals surface area (Å²) < 4.78 is 37.8.